The summed E-state index contributed by atoms with van der Waals surface area (Å²) in [6.07, 6.45) is -2.86. The molecule has 2 N–H and O–H groups in total. The molecule has 0 aliphatic heterocycles. The lowest BCUT2D eigenvalue weighted by Crippen LogP contribution is -2.31. The summed E-state index contributed by atoms with van der Waals surface area (Å²) in [6.45, 7) is -1.37. The number of nitrogens with zero attached hydrogens (tertiary/aromatic N) is 2. The molecule has 3 aromatic rings. The molecule has 1 heterocycles. The number of aromatic nitrogens is 2. The SMILES string of the molecule is O=C(O)C(Cc1ccccc1)Nc1cc(-c2ccc(OCC(F)(F)F)cc2)ncn1. The molecule has 0 amide bonds. The van der Waals surface area contributed by atoms with Crippen LogP contribution in [0.25, 0.3) is 11.3 Å². The first-order valence-electron chi connectivity index (χ1n) is 8.95. The van der Waals surface area contributed by atoms with E-state index in [1.54, 1.807) is 18.2 Å². The second-order valence-corrected chi connectivity index (χ2v) is 6.44. The number of hydrogen-bond acceptors (Lipinski definition) is 5. The van der Waals surface area contributed by atoms with Crippen molar-refractivity contribution in [2.24, 2.45) is 0 Å². The summed E-state index contributed by atoms with van der Waals surface area (Å²) >= 11 is 0. The van der Waals surface area contributed by atoms with Crippen LogP contribution in [0.3, 0.4) is 0 Å². The highest BCUT2D eigenvalue weighted by atomic mass is 19.4. The fourth-order valence-corrected chi connectivity index (χ4v) is 2.71. The van der Waals surface area contributed by atoms with Crippen LogP contribution in [0.4, 0.5) is 19.0 Å². The predicted molar refractivity (Wildman–Crippen MR) is 104 cm³/mol. The van der Waals surface area contributed by atoms with Crippen molar-refractivity contribution in [2.45, 2.75) is 18.6 Å². The molecule has 1 atom stereocenters. The fourth-order valence-electron chi connectivity index (χ4n) is 2.71. The molecule has 0 saturated heterocycles. The number of alkyl halides is 3. The van der Waals surface area contributed by atoms with E-state index in [0.717, 1.165) is 5.56 Å². The van der Waals surface area contributed by atoms with Gasteiger partial charge in [-0.1, -0.05) is 30.3 Å². The van der Waals surface area contributed by atoms with Crippen LogP contribution < -0.4 is 10.1 Å². The molecule has 0 spiro atoms. The summed E-state index contributed by atoms with van der Waals surface area (Å²) in [5, 5.41) is 12.4. The van der Waals surface area contributed by atoms with E-state index in [2.05, 4.69) is 20.0 Å². The van der Waals surface area contributed by atoms with E-state index in [-0.39, 0.29) is 12.2 Å². The van der Waals surface area contributed by atoms with E-state index >= 15 is 0 Å². The van der Waals surface area contributed by atoms with Crippen molar-refractivity contribution in [3.8, 4) is 17.0 Å². The molecule has 0 radical (unpaired) electrons. The van der Waals surface area contributed by atoms with Crippen LogP contribution in [0.5, 0.6) is 5.75 Å². The van der Waals surface area contributed by atoms with Crippen molar-refractivity contribution in [1.82, 2.24) is 9.97 Å². The van der Waals surface area contributed by atoms with Gasteiger partial charge in [0.1, 0.15) is 23.9 Å². The Bertz CT molecular complexity index is 980. The van der Waals surface area contributed by atoms with Crippen LogP contribution in [0, 0.1) is 0 Å². The van der Waals surface area contributed by atoms with Crippen molar-refractivity contribution in [2.75, 3.05) is 11.9 Å². The van der Waals surface area contributed by atoms with Gasteiger partial charge < -0.3 is 15.2 Å². The number of carbonyl (C=O) groups is 1. The van der Waals surface area contributed by atoms with Gasteiger partial charge in [0.05, 0.1) is 5.69 Å². The van der Waals surface area contributed by atoms with E-state index in [1.807, 2.05) is 30.3 Å². The first-order chi connectivity index (χ1) is 14.3. The number of ether oxygens (including phenoxy) is 1. The van der Waals surface area contributed by atoms with Gasteiger partial charge in [0.2, 0.25) is 0 Å². The van der Waals surface area contributed by atoms with E-state index in [1.165, 1.54) is 18.5 Å². The Kier molecular flexibility index (Phi) is 6.51. The van der Waals surface area contributed by atoms with Crippen LogP contribution in [0.1, 0.15) is 5.56 Å². The first kappa shape index (κ1) is 21.1. The minimum Gasteiger partial charge on any atom is -0.484 e. The maximum absolute atomic E-state index is 12.2. The van der Waals surface area contributed by atoms with E-state index in [0.29, 0.717) is 17.1 Å². The van der Waals surface area contributed by atoms with Crippen molar-refractivity contribution in [3.63, 3.8) is 0 Å². The van der Waals surface area contributed by atoms with Gasteiger partial charge in [-0.3, -0.25) is 0 Å². The number of aliphatic carboxylic acids is 1. The Morgan fingerprint density at radius 2 is 1.77 bits per heavy atom. The van der Waals surface area contributed by atoms with Crippen LogP contribution in [0.2, 0.25) is 0 Å². The van der Waals surface area contributed by atoms with Crippen molar-refractivity contribution in [1.29, 1.82) is 0 Å². The minimum absolute atomic E-state index is 0.0808. The molecule has 1 unspecified atom stereocenters. The monoisotopic (exact) mass is 417 g/mol. The summed E-state index contributed by atoms with van der Waals surface area (Å²) in [7, 11) is 0. The lowest BCUT2D eigenvalue weighted by molar-refractivity contribution is -0.153. The number of hydrogen-bond donors (Lipinski definition) is 2. The van der Waals surface area contributed by atoms with Gasteiger partial charge in [0, 0.05) is 18.1 Å². The number of nitrogens with one attached hydrogen (secondary N) is 1. The zero-order valence-corrected chi connectivity index (χ0v) is 15.6. The van der Waals surface area contributed by atoms with Gasteiger partial charge in [0.15, 0.2) is 6.61 Å². The zero-order chi connectivity index (χ0) is 21.6. The highest BCUT2D eigenvalue weighted by Crippen LogP contribution is 2.24. The molecule has 3 rings (SSSR count). The topological polar surface area (TPSA) is 84.3 Å². The van der Waals surface area contributed by atoms with Gasteiger partial charge >= 0.3 is 12.1 Å². The third kappa shape index (κ3) is 6.20. The number of rotatable bonds is 8. The van der Waals surface area contributed by atoms with Crippen LogP contribution >= 0.6 is 0 Å². The highest BCUT2D eigenvalue weighted by molar-refractivity contribution is 5.77. The quantitative estimate of drug-likeness (QED) is 0.572. The normalized spacial score (nSPS) is 12.2. The Morgan fingerprint density at radius 1 is 1.07 bits per heavy atom. The van der Waals surface area contributed by atoms with Gasteiger partial charge in [0.25, 0.3) is 0 Å². The van der Waals surface area contributed by atoms with E-state index < -0.39 is 24.8 Å². The fraction of sp³-hybridized carbons (Fsp3) is 0.190. The summed E-state index contributed by atoms with van der Waals surface area (Å²) < 4.78 is 41.4. The maximum atomic E-state index is 12.2. The molecule has 156 valence electrons. The first-order valence-corrected chi connectivity index (χ1v) is 8.95. The van der Waals surface area contributed by atoms with Gasteiger partial charge in [-0.15, -0.1) is 0 Å². The lowest BCUT2D eigenvalue weighted by Gasteiger charge is -2.15. The second-order valence-electron chi connectivity index (χ2n) is 6.44. The highest BCUT2D eigenvalue weighted by Gasteiger charge is 2.28. The second kappa shape index (κ2) is 9.25. The average molecular weight is 417 g/mol. The summed E-state index contributed by atoms with van der Waals surface area (Å²) in [5.74, 6) is -0.622. The summed E-state index contributed by atoms with van der Waals surface area (Å²) in [6, 6.07) is 15.8. The molecular formula is C21H18F3N3O3. The largest absolute Gasteiger partial charge is 0.484 e. The molecular weight excluding hydrogens is 399 g/mol. The van der Waals surface area contributed by atoms with Crippen molar-refractivity contribution >= 4 is 11.8 Å². The van der Waals surface area contributed by atoms with Crippen molar-refractivity contribution < 1.29 is 27.8 Å². The van der Waals surface area contributed by atoms with Gasteiger partial charge in [-0.25, -0.2) is 14.8 Å². The number of carboxylic acid groups (broad SMARTS) is 1. The zero-order valence-electron chi connectivity index (χ0n) is 15.6. The Hall–Kier alpha value is -3.62. The summed E-state index contributed by atoms with van der Waals surface area (Å²) in [5.41, 5.74) is 1.97. The molecule has 0 fully saturated rings. The molecule has 9 heteroatoms. The molecule has 0 aliphatic rings. The van der Waals surface area contributed by atoms with Gasteiger partial charge in [-0.05, 0) is 29.8 Å². The molecule has 1 aromatic heterocycles. The standard InChI is InChI=1S/C21H18F3N3O3/c22-21(23,24)12-30-16-8-6-15(7-9-16)17-11-19(26-13-25-17)27-18(20(28)29)10-14-4-2-1-3-5-14/h1-9,11,13,18H,10,12H2,(H,28,29)(H,25,26,27). The van der Waals surface area contributed by atoms with Crippen LogP contribution in [-0.2, 0) is 11.2 Å². The maximum Gasteiger partial charge on any atom is 0.422 e. The molecule has 0 saturated carbocycles. The van der Waals surface area contributed by atoms with E-state index in [9.17, 15) is 23.1 Å². The molecule has 6 nitrogen and oxygen atoms in total. The number of anilines is 1. The van der Waals surface area contributed by atoms with E-state index in [4.69, 9.17) is 0 Å². The lowest BCUT2D eigenvalue weighted by atomic mass is 10.1. The molecule has 2 aromatic carbocycles. The Balaban J connectivity index is 1.71. The summed E-state index contributed by atoms with van der Waals surface area (Å²) in [4.78, 5) is 19.8. The molecule has 0 bridgehead atoms. The molecule has 0 aliphatic carbocycles. The number of benzene rings is 2. The number of halogens is 3. The van der Waals surface area contributed by atoms with Crippen LogP contribution in [-0.4, -0.2) is 39.9 Å². The smallest absolute Gasteiger partial charge is 0.422 e. The minimum atomic E-state index is -4.41. The third-order valence-electron chi connectivity index (χ3n) is 4.12. The predicted octanol–water partition coefficient (Wildman–Crippen LogP) is 4.19. The van der Waals surface area contributed by atoms with Crippen molar-refractivity contribution in [3.05, 3.63) is 72.6 Å². The van der Waals surface area contributed by atoms with Crippen LogP contribution in [0.15, 0.2) is 67.0 Å². The number of carboxylic acids is 1. The Morgan fingerprint density at radius 3 is 2.40 bits per heavy atom. The molecule has 30 heavy (non-hydrogen) atoms. The van der Waals surface area contributed by atoms with Gasteiger partial charge in [-0.2, -0.15) is 13.2 Å². The third-order valence-corrected chi connectivity index (χ3v) is 4.12. The Labute approximate surface area is 170 Å². The average Bonchev–Trinajstić information content (AvgIpc) is 2.72.